The molecule has 2 rings (SSSR count). The second-order valence-electron chi connectivity index (χ2n) is 6.12. The zero-order chi connectivity index (χ0) is 14.4. The van der Waals surface area contributed by atoms with Crippen molar-refractivity contribution in [2.75, 3.05) is 19.7 Å². The van der Waals surface area contributed by atoms with Crippen molar-refractivity contribution in [1.29, 1.82) is 0 Å². The van der Waals surface area contributed by atoms with Crippen molar-refractivity contribution in [3.63, 3.8) is 0 Å². The Bertz CT molecular complexity index is 442. The van der Waals surface area contributed by atoms with Gasteiger partial charge in [0.25, 0.3) is 0 Å². The van der Waals surface area contributed by atoms with Gasteiger partial charge in [-0.05, 0) is 45.7 Å². The van der Waals surface area contributed by atoms with Gasteiger partial charge in [-0.2, -0.15) is 0 Å². The van der Waals surface area contributed by atoms with E-state index in [4.69, 9.17) is 0 Å². The summed E-state index contributed by atoms with van der Waals surface area (Å²) in [7, 11) is 0. The molecule has 110 valence electrons. The van der Waals surface area contributed by atoms with Gasteiger partial charge in [0, 0.05) is 24.4 Å². The molecule has 0 aliphatic carbocycles. The molecular formula is C16H25N3O. The van der Waals surface area contributed by atoms with Crippen LogP contribution in [0.4, 0.5) is 0 Å². The summed E-state index contributed by atoms with van der Waals surface area (Å²) in [6.45, 7) is 7.24. The van der Waals surface area contributed by atoms with Crippen molar-refractivity contribution >= 4 is 0 Å². The Morgan fingerprint density at radius 2 is 2.15 bits per heavy atom. The van der Waals surface area contributed by atoms with Crippen molar-refractivity contribution < 1.29 is 5.11 Å². The normalized spacial score (nSPS) is 23.6. The number of rotatable bonds is 5. The fourth-order valence-electron chi connectivity index (χ4n) is 2.84. The van der Waals surface area contributed by atoms with Crippen LogP contribution in [0, 0.1) is 5.41 Å². The highest BCUT2D eigenvalue weighted by Gasteiger charge is 2.34. The molecule has 4 nitrogen and oxygen atoms in total. The van der Waals surface area contributed by atoms with E-state index in [1.807, 2.05) is 6.07 Å². The lowest BCUT2D eigenvalue weighted by Gasteiger charge is -2.41. The number of piperidine rings is 1. The van der Waals surface area contributed by atoms with Crippen LogP contribution in [0.3, 0.4) is 0 Å². The first-order valence-corrected chi connectivity index (χ1v) is 7.36. The topological polar surface area (TPSA) is 49.2 Å². The van der Waals surface area contributed by atoms with Crippen molar-refractivity contribution in [1.82, 2.24) is 14.9 Å². The number of hydrogen-bond donors (Lipinski definition) is 1. The molecule has 1 atom stereocenters. The maximum atomic E-state index is 9.85. The minimum absolute atomic E-state index is 0.00427. The number of aromatic nitrogens is 2. The first kappa shape index (κ1) is 15.1. The molecular weight excluding hydrogens is 250 g/mol. The molecule has 1 aromatic rings. The number of aliphatic hydroxyl groups excluding tert-OH is 1. The highest BCUT2D eigenvalue weighted by Crippen LogP contribution is 2.34. The lowest BCUT2D eigenvalue weighted by molar-refractivity contribution is 0.0296. The van der Waals surface area contributed by atoms with Crippen LogP contribution in [0.1, 0.15) is 38.9 Å². The summed E-state index contributed by atoms with van der Waals surface area (Å²) < 4.78 is 0. The average molecular weight is 275 g/mol. The van der Waals surface area contributed by atoms with Gasteiger partial charge in [-0.15, -0.1) is 0 Å². The lowest BCUT2D eigenvalue weighted by atomic mass is 9.77. The summed E-state index contributed by atoms with van der Waals surface area (Å²) in [5.41, 5.74) is 1.32. The molecule has 4 heteroatoms. The maximum Gasteiger partial charge on any atom is 0.142 e. The number of nitrogens with zero attached hydrogens (tertiary/aromatic N) is 3. The van der Waals surface area contributed by atoms with Crippen molar-refractivity contribution in [2.45, 2.75) is 39.7 Å². The first-order chi connectivity index (χ1) is 9.63. The van der Waals surface area contributed by atoms with Crippen molar-refractivity contribution in [3.8, 4) is 0 Å². The van der Waals surface area contributed by atoms with Crippen LogP contribution in [0.25, 0.3) is 0 Å². The number of aliphatic hydroxyl groups is 1. The van der Waals surface area contributed by atoms with E-state index in [1.165, 1.54) is 5.57 Å². The van der Waals surface area contributed by atoms with Gasteiger partial charge in [-0.3, -0.25) is 4.90 Å². The number of allylic oxidation sites excluding steroid dienone is 2. The molecule has 1 aliphatic rings. The smallest absolute Gasteiger partial charge is 0.142 e. The van der Waals surface area contributed by atoms with E-state index in [2.05, 4.69) is 34.8 Å². The second kappa shape index (κ2) is 6.95. The molecule has 2 heterocycles. The van der Waals surface area contributed by atoms with E-state index in [0.29, 0.717) is 0 Å². The molecule has 0 amide bonds. The fraction of sp³-hybridized carbons (Fsp3) is 0.625. The summed E-state index contributed by atoms with van der Waals surface area (Å²) in [4.78, 5) is 11.0. The Morgan fingerprint density at radius 3 is 2.80 bits per heavy atom. The zero-order valence-electron chi connectivity index (χ0n) is 12.5. The van der Waals surface area contributed by atoms with Gasteiger partial charge >= 0.3 is 0 Å². The molecule has 1 N–H and O–H groups in total. The predicted octanol–water partition coefficient (Wildman–Crippen LogP) is 2.41. The predicted molar refractivity (Wildman–Crippen MR) is 80.1 cm³/mol. The molecule has 1 aliphatic heterocycles. The van der Waals surface area contributed by atoms with Crippen LogP contribution in [-0.4, -0.2) is 39.7 Å². The summed E-state index contributed by atoms with van der Waals surface area (Å²) >= 11 is 0. The van der Waals surface area contributed by atoms with Crippen molar-refractivity contribution in [2.24, 2.45) is 5.41 Å². The largest absolute Gasteiger partial charge is 0.396 e. The van der Waals surface area contributed by atoms with Gasteiger partial charge < -0.3 is 5.11 Å². The van der Waals surface area contributed by atoms with Crippen LogP contribution >= 0.6 is 0 Å². The molecule has 0 saturated carbocycles. The Kier molecular flexibility index (Phi) is 5.26. The van der Waals surface area contributed by atoms with E-state index in [9.17, 15) is 5.11 Å². The molecule has 1 aromatic heterocycles. The molecule has 1 saturated heterocycles. The molecule has 20 heavy (non-hydrogen) atoms. The molecule has 0 bridgehead atoms. The lowest BCUT2D eigenvalue weighted by Crippen LogP contribution is -2.45. The second-order valence-corrected chi connectivity index (χ2v) is 6.12. The highest BCUT2D eigenvalue weighted by molar-refractivity contribution is 5.00. The Balaban J connectivity index is 2.01. The molecule has 0 spiro atoms. The SMILES string of the molecule is CC(C)=CCC1(CO)CCCN(Cc2ncccn2)C1. The van der Waals surface area contributed by atoms with Gasteiger partial charge in [-0.1, -0.05) is 11.6 Å². The fourth-order valence-corrected chi connectivity index (χ4v) is 2.84. The standard InChI is InChI=1S/C16H25N3O/c1-14(2)5-7-16(13-20)6-3-10-19(12-16)11-15-17-8-4-9-18-15/h4-5,8-9,20H,3,6-7,10-13H2,1-2H3. The van der Waals surface area contributed by atoms with Gasteiger partial charge in [0.05, 0.1) is 13.2 Å². The van der Waals surface area contributed by atoms with Gasteiger partial charge in [0.2, 0.25) is 0 Å². The number of hydrogen-bond acceptors (Lipinski definition) is 4. The Morgan fingerprint density at radius 1 is 1.40 bits per heavy atom. The quantitative estimate of drug-likeness (QED) is 0.838. The van der Waals surface area contributed by atoms with Gasteiger partial charge in [0.15, 0.2) is 0 Å². The third-order valence-electron chi connectivity index (χ3n) is 4.00. The van der Waals surface area contributed by atoms with Crippen LogP contribution < -0.4 is 0 Å². The van der Waals surface area contributed by atoms with Crippen molar-refractivity contribution in [3.05, 3.63) is 35.9 Å². The minimum Gasteiger partial charge on any atom is -0.396 e. The van der Waals surface area contributed by atoms with Crippen LogP contribution in [0.5, 0.6) is 0 Å². The zero-order valence-corrected chi connectivity index (χ0v) is 12.5. The number of likely N-dealkylation sites (tertiary alicyclic amines) is 1. The summed E-state index contributed by atoms with van der Waals surface area (Å²) in [5.74, 6) is 0.864. The summed E-state index contributed by atoms with van der Waals surface area (Å²) in [6, 6.07) is 1.84. The van der Waals surface area contributed by atoms with Gasteiger partial charge in [-0.25, -0.2) is 9.97 Å². The van der Waals surface area contributed by atoms with E-state index in [-0.39, 0.29) is 12.0 Å². The van der Waals surface area contributed by atoms with E-state index in [0.717, 1.165) is 44.7 Å². The summed E-state index contributed by atoms with van der Waals surface area (Å²) in [6.07, 6.45) is 9.00. The summed E-state index contributed by atoms with van der Waals surface area (Å²) in [5, 5.41) is 9.85. The highest BCUT2D eigenvalue weighted by atomic mass is 16.3. The van der Waals surface area contributed by atoms with Gasteiger partial charge in [0.1, 0.15) is 5.82 Å². The minimum atomic E-state index is 0.00427. The molecule has 1 unspecified atom stereocenters. The monoisotopic (exact) mass is 275 g/mol. The molecule has 0 aromatic carbocycles. The first-order valence-electron chi connectivity index (χ1n) is 7.36. The molecule has 1 fully saturated rings. The van der Waals surface area contributed by atoms with E-state index in [1.54, 1.807) is 12.4 Å². The Hall–Kier alpha value is -1.26. The third kappa shape index (κ3) is 4.12. The maximum absolute atomic E-state index is 9.85. The third-order valence-corrected chi connectivity index (χ3v) is 4.00. The molecule has 0 radical (unpaired) electrons. The average Bonchev–Trinajstić information content (AvgIpc) is 2.47. The Labute approximate surface area is 121 Å². The van der Waals surface area contributed by atoms with E-state index >= 15 is 0 Å². The van der Waals surface area contributed by atoms with Crippen LogP contribution in [-0.2, 0) is 6.54 Å². The van der Waals surface area contributed by atoms with Crippen LogP contribution in [0.2, 0.25) is 0 Å². The van der Waals surface area contributed by atoms with Crippen LogP contribution in [0.15, 0.2) is 30.1 Å². The van der Waals surface area contributed by atoms with E-state index < -0.39 is 0 Å².